The van der Waals surface area contributed by atoms with Gasteiger partial charge in [0.2, 0.25) is 0 Å². The second-order valence-corrected chi connectivity index (χ2v) is 5.09. The van der Waals surface area contributed by atoms with Crippen LogP contribution in [0.4, 0.5) is 5.13 Å². The maximum atomic E-state index is 9.45. The zero-order valence-corrected chi connectivity index (χ0v) is 11.4. The molecule has 4 nitrogen and oxygen atoms in total. The molecule has 0 aliphatic rings. The molecular formula is C13H17N3OS. The molecule has 0 bridgehead atoms. The first-order valence-corrected chi connectivity index (χ1v) is 6.78. The number of nitrogens with zero attached hydrogens (tertiary/aromatic N) is 3. The van der Waals surface area contributed by atoms with E-state index in [1.807, 2.05) is 37.0 Å². The van der Waals surface area contributed by atoms with E-state index in [1.165, 1.54) is 5.56 Å². The Labute approximate surface area is 111 Å². The Hall–Kier alpha value is -1.46. The van der Waals surface area contributed by atoms with Crippen LogP contribution in [0.15, 0.2) is 29.9 Å². The summed E-state index contributed by atoms with van der Waals surface area (Å²) in [5, 5.41) is 12.3. The van der Waals surface area contributed by atoms with E-state index in [4.69, 9.17) is 0 Å². The largest absolute Gasteiger partial charge is 0.387 e. The molecule has 18 heavy (non-hydrogen) atoms. The molecule has 0 saturated heterocycles. The molecule has 0 aromatic carbocycles. The van der Waals surface area contributed by atoms with E-state index in [0.717, 1.165) is 23.8 Å². The van der Waals surface area contributed by atoms with Gasteiger partial charge < -0.3 is 10.0 Å². The summed E-state index contributed by atoms with van der Waals surface area (Å²) in [6, 6.07) is 4.05. The van der Waals surface area contributed by atoms with Crippen molar-refractivity contribution in [3.8, 4) is 0 Å². The molecule has 2 aromatic heterocycles. The average Bonchev–Trinajstić information content (AvgIpc) is 2.87. The molecule has 1 atom stereocenters. The van der Waals surface area contributed by atoms with Gasteiger partial charge in [-0.05, 0) is 31.0 Å². The van der Waals surface area contributed by atoms with Crippen molar-refractivity contribution in [1.29, 1.82) is 0 Å². The minimum atomic E-state index is -0.497. The Balaban J connectivity index is 1.93. The lowest BCUT2D eigenvalue weighted by Gasteiger charge is -2.15. The fraction of sp³-hybridized carbons (Fsp3) is 0.385. The third-order valence-electron chi connectivity index (χ3n) is 2.75. The highest BCUT2D eigenvalue weighted by atomic mass is 32.1. The second-order valence-electron chi connectivity index (χ2n) is 4.26. The predicted molar refractivity (Wildman–Crippen MR) is 74.0 cm³/mol. The lowest BCUT2D eigenvalue weighted by Crippen LogP contribution is -2.20. The lowest BCUT2D eigenvalue weighted by atomic mass is 10.2. The van der Waals surface area contributed by atoms with Gasteiger partial charge in [-0.2, -0.15) is 0 Å². The number of hydrogen-bond donors (Lipinski definition) is 1. The first-order valence-electron chi connectivity index (χ1n) is 5.90. The number of thiazole rings is 1. The third kappa shape index (κ3) is 3.27. The molecule has 0 radical (unpaired) electrons. The fourth-order valence-corrected chi connectivity index (χ4v) is 2.49. The molecule has 0 aliphatic heterocycles. The number of pyridine rings is 1. The number of anilines is 1. The molecule has 0 fully saturated rings. The summed E-state index contributed by atoms with van der Waals surface area (Å²) in [5.74, 6) is 0. The summed E-state index contributed by atoms with van der Waals surface area (Å²) < 4.78 is 0. The van der Waals surface area contributed by atoms with Crippen molar-refractivity contribution in [2.24, 2.45) is 0 Å². The number of hydrogen-bond acceptors (Lipinski definition) is 5. The molecule has 0 saturated carbocycles. The minimum Gasteiger partial charge on any atom is -0.387 e. The van der Waals surface area contributed by atoms with Crippen LogP contribution in [0.5, 0.6) is 0 Å². The number of likely N-dealkylation sites (N-methyl/N-ethyl adjacent to an activating group) is 1. The van der Waals surface area contributed by atoms with Crippen LogP contribution < -0.4 is 4.90 Å². The molecule has 96 valence electrons. The van der Waals surface area contributed by atoms with E-state index in [0.29, 0.717) is 0 Å². The van der Waals surface area contributed by atoms with Gasteiger partial charge in [-0.25, -0.2) is 4.98 Å². The van der Waals surface area contributed by atoms with Crippen LogP contribution in [-0.2, 0) is 6.42 Å². The Morgan fingerprint density at radius 3 is 2.72 bits per heavy atom. The summed E-state index contributed by atoms with van der Waals surface area (Å²) in [6.45, 7) is 2.63. The van der Waals surface area contributed by atoms with Gasteiger partial charge in [0.05, 0.1) is 11.8 Å². The van der Waals surface area contributed by atoms with Gasteiger partial charge in [0, 0.05) is 31.4 Å². The summed E-state index contributed by atoms with van der Waals surface area (Å²) >= 11 is 1.56. The molecule has 2 heterocycles. The predicted octanol–water partition coefficient (Wildman–Crippen LogP) is 2.27. The maximum absolute atomic E-state index is 9.45. The van der Waals surface area contributed by atoms with Crippen molar-refractivity contribution >= 4 is 16.5 Å². The van der Waals surface area contributed by atoms with Crippen molar-refractivity contribution in [3.63, 3.8) is 0 Å². The second kappa shape index (κ2) is 5.93. The van der Waals surface area contributed by atoms with Crippen molar-refractivity contribution in [1.82, 2.24) is 9.97 Å². The molecule has 1 unspecified atom stereocenters. The summed E-state index contributed by atoms with van der Waals surface area (Å²) in [4.78, 5) is 10.5. The standard InChI is InChI=1S/C13H17N3OS/c1-10(17)12-9-18-13(15-12)16(2)8-5-11-3-6-14-7-4-11/h3-4,6-7,9-10,17H,5,8H2,1-2H3. The van der Waals surface area contributed by atoms with Crippen molar-refractivity contribution in [2.45, 2.75) is 19.4 Å². The average molecular weight is 263 g/mol. The maximum Gasteiger partial charge on any atom is 0.185 e. The van der Waals surface area contributed by atoms with E-state index in [2.05, 4.69) is 14.9 Å². The van der Waals surface area contributed by atoms with Gasteiger partial charge in [-0.3, -0.25) is 4.98 Å². The third-order valence-corrected chi connectivity index (χ3v) is 3.72. The van der Waals surface area contributed by atoms with Crippen molar-refractivity contribution in [3.05, 3.63) is 41.2 Å². The first kappa shape index (κ1) is 13.0. The van der Waals surface area contributed by atoms with Crippen LogP contribution in [-0.4, -0.2) is 28.7 Å². The molecule has 5 heteroatoms. The quantitative estimate of drug-likeness (QED) is 0.899. The van der Waals surface area contributed by atoms with Crippen molar-refractivity contribution < 1.29 is 5.11 Å². The van der Waals surface area contributed by atoms with Crippen LogP contribution in [0.1, 0.15) is 24.3 Å². The van der Waals surface area contributed by atoms with Gasteiger partial charge >= 0.3 is 0 Å². The zero-order chi connectivity index (χ0) is 13.0. The van der Waals surface area contributed by atoms with Crippen LogP contribution in [0, 0.1) is 0 Å². The topological polar surface area (TPSA) is 49.2 Å². The Morgan fingerprint density at radius 1 is 1.39 bits per heavy atom. The van der Waals surface area contributed by atoms with Crippen LogP contribution in [0.25, 0.3) is 0 Å². The molecule has 1 N–H and O–H groups in total. The first-order chi connectivity index (χ1) is 8.66. The smallest absolute Gasteiger partial charge is 0.185 e. The SMILES string of the molecule is CC(O)c1csc(N(C)CCc2ccncc2)n1. The Kier molecular flexibility index (Phi) is 4.28. The van der Waals surface area contributed by atoms with E-state index < -0.39 is 6.10 Å². The van der Waals surface area contributed by atoms with Crippen LogP contribution in [0.2, 0.25) is 0 Å². The molecule has 0 aliphatic carbocycles. The highest BCUT2D eigenvalue weighted by Crippen LogP contribution is 2.23. The van der Waals surface area contributed by atoms with Gasteiger partial charge in [0.1, 0.15) is 0 Å². The van der Waals surface area contributed by atoms with E-state index in [-0.39, 0.29) is 0 Å². The monoisotopic (exact) mass is 263 g/mol. The van der Waals surface area contributed by atoms with Crippen LogP contribution >= 0.6 is 11.3 Å². The lowest BCUT2D eigenvalue weighted by molar-refractivity contribution is 0.195. The normalized spacial score (nSPS) is 12.4. The minimum absolute atomic E-state index is 0.497. The molecular weight excluding hydrogens is 246 g/mol. The summed E-state index contributed by atoms with van der Waals surface area (Å²) in [7, 11) is 2.02. The van der Waals surface area contributed by atoms with E-state index in [9.17, 15) is 5.11 Å². The Bertz CT molecular complexity index is 484. The van der Waals surface area contributed by atoms with Gasteiger partial charge in [-0.15, -0.1) is 11.3 Å². The molecule has 2 rings (SSSR count). The van der Waals surface area contributed by atoms with Gasteiger partial charge in [0.25, 0.3) is 0 Å². The van der Waals surface area contributed by atoms with Gasteiger partial charge in [0.15, 0.2) is 5.13 Å². The number of rotatable bonds is 5. The number of aliphatic hydroxyl groups is 1. The van der Waals surface area contributed by atoms with Crippen LogP contribution in [0.3, 0.4) is 0 Å². The van der Waals surface area contributed by atoms with E-state index >= 15 is 0 Å². The molecule has 0 amide bonds. The highest BCUT2D eigenvalue weighted by molar-refractivity contribution is 7.13. The Morgan fingerprint density at radius 2 is 2.11 bits per heavy atom. The summed E-state index contributed by atoms with van der Waals surface area (Å²) in [5.41, 5.74) is 2.01. The zero-order valence-electron chi connectivity index (χ0n) is 10.6. The van der Waals surface area contributed by atoms with E-state index in [1.54, 1.807) is 18.3 Å². The summed E-state index contributed by atoms with van der Waals surface area (Å²) in [6.07, 6.45) is 4.08. The number of aromatic nitrogens is 2. The number of aliphatic hydroxyl groups excluding tert-OH is 1. The molecule has 0 spiro atoms. The van der Waals surface area contributed by atoms with Gasteiger partial charge in [-0.1, -0.05) is 0 Å². The highest BCUT2D eigenvalue weighted by Gasteiger charge is 2.10. The molecule has 2 aromatic rings. The fourth-order valence-electron chi connectivity index (χ4n) is 1.59. The van der Waals surface area contributed by atoms with Crippen molar-refractivity contribution in [2.75, 3.05) is 18.5 Å².